The van der Waals surface area contributed by atoms with Crippen LogP contribution in [0, 0.1) is 35.5 Å². The summed E-state index contributed by atoms with van der Waals surface area (Å²) in [5.74, 6) is -1.66. The van der Waals surface area contributed by atoms with Crippen molar-refractivity contribution in [2.45, 2.75) is 131 Å². The molecule has 9 atom stereocenters. The van der Waals surface area contributed by atoms with E-state index >= 15 is 0 Å². The Kier molecular flexibility index (Phi) is 25.5. The molecule has 18 heteroatoms. The molecular weight excluding hydrogens is 847 g/mol. The summed E-state index contributed by atoms with van der Waals surface area (Å²) in [6.45, 7) is 24.8. The Morgan fingerprint density at radius 3 is 1.74 bits per heavy atom. The van der Waals surface area contributed by atoms with E-state index < -0.39 is 72.3 Å². The van der Waals surface area contributed by atoms with Gasteiger partial charge in [0, 0.05) is 51.9 Å². The van der Waals surface area contributed by atoms with Crippen molar-refractivity contribution in [1.82, 2.24) is 10.3 Å². The Bertz CT molecular complexity index is 1530. The van der Waals surface area contributed by atoms with E-state index in [9.17, 15) is 19.5 Å². The molecule has 0 aliphatic carbocycles. The van der Waals surface area contributed by atoms with Gasteiger partial charge in [0.2, 0.25) is 0 Å². The van der Waals surface area contributed by atoms with Crippen molar-refractivity contribution in [3.05, 3.63) is 18.0 Å². The van der Waals surface area contributed by atoms with Gasteiger partial charge < -0.3 is 68.3 Å². The molecule has 374 valence electrons. The lowest BCUT2D eigenvalue weighted by Gasteiger charge is -2.33. The maximum absolute atomic E-state index is 13.8. The number of ether oxygens (including phenoxy) is 11. The summed E-state index contributed by atoms with van der Waals surface area (Å²) in [5, 5.41) is 13.8. The zero-order chi connectivity index (χ0) is 48.1. The Hall–Kier alpha value is -3.20. The largest absolute Gasteiger partial charge is 0.503 e. The smallest absolute Gasteiger partial charge is 0.331 e. The third-order valence-electron chi connectivity index (χ3n) is 9.96. The molecule has 1 amide bonds. The predicted octanol–water partition coefficient (Wildman–Crippen LogP) is 4.36. The summed E-state index contributed by atoms with van der Waals surface area (Å²) in [5.41, 5.74) is 5.69. The number of esters is 2. The Morgan fingerprint density at radius 1 is 0.708 bits per heavy atom. The molecular formula is C47H81N3O15. The molecule has 3 heterocycles. The quantitative estimate of drug-likeness (QED) is 0.110. The molecule has 2 saturated heterocycles. The summed E-state index contributed by atoms with van der Waals surface area (Å²) in [7, 11) is 0. The molecule has 0 spiro atoms. The fourth-order valence-electron chi connectivity index (χ4n) is 6.54. The van der Waals surface area contributed by atoms with Gasteiger partial charge >= 0.3 is 11.9 Å². The number of carbonyl (C=O) groups is 3. The van der Waals surface area contributed by atoms with Crippen LogP contribution in [0.15, 0.2) is 12.3 Å². The van der Waals surface area contributed by atoms with Crippen molar-refractivity contribution in [2.24, 2.45) is 41.2 Å². The molecule has 0 aromatic carbocycles. The normalized spacial score (nSPS) is 25.4. The topological polar surface area (TPSA) is 224 Å². The number of nitrogens with two attached hydrogens (primary N) is 1. The fourth-order valence-corrected chi connectivity index (χ4v) is 6.54. The summed E-state index contributed by atoms with van der Waals surface area (Å²) in [6.07, 6.45) is -2.47. The van der Waals surface area contributed by atoms with E-state index in [1.807, 2.05) is 76.2 Å². The van der Waals surface area contributed by atoms with Crippen LogP contribution in [0.3, 0.4) is 0 Å². The molecule has 2 aliphatic rings. The standard InChI is InChI=1S/C47H81N3O15/c1-28(2)16-55-26-39-44(37(60-18-30(5)6)24-57-22-34(48)46(53)64-39)63-21-33(11)13-15-59-36-12-14-49-41(42(36)51)45(52)50-35-23-58-25-38(61-19-31(7)8)43(62-20-32(9)10)40(65-47(35)54)27-56-17-29(3)4/h12,14,28-35,37-40,43-44,51H,13,15-27,48H2,1-11H3,(H,50,52)/t33?,34-,35-,37-,38-,39+,40+,43+,44+/m0/s1. The van der Waals surface area contributed by atoms with E-state index in [0.29, 0.717) is 39.5 Å². The second kappa shape index (κ2) is 29.5. The van der Waals surface area contributed by atoms with Gasteiger partial charge in [0.1, 0.15) is 30.5 Å². The first-order valence-corrected chi connectivity index (χ1v) is 23.4. The highest BCUT2D eigenvalue weighted by Gasteiger charge is 2.40. The van der Waals surface area contributed by atoms with Gasteiger partial charge in [-0.05, 0) is 41.9 Å². The van der Waals surface area contributed by atoms with Gasteiger partial charge in [-0.2, -0.15) is 0 Å². The average molecular weight is 928 g/mol. The van der Waals surface area contributed by atoms with E-state index in [-0.39, 0.29) is 99.8 Å². The van der Waals surface area contributed by atoms with Gasteiger partial charge in [0.25, 0.3) is 5.91 Å². The number of hydrogen-bond acceptors (Lipinski definition) is 17. The number of nitrogens with one attached hydrogen (secondary N) is 1. The lowest BCUT2D eigenvalue weighted by Crippen LogP contribution is -2.50. The van der Waals surface area contributed by atoms with Crippen molar-refractivity contribution in [3.8, 4) is 11.5 Å². The van der Waals surface area contributed by atoms with Gasteiger partial charge in [-0.1, -0.05) is 76.2 Å². The second-order valence-corrected chi connectivity index (χ2v) is 19.3. The van der Waals surface area contributed by atoms with Gasteiger partial charge in [-0.15, -0.1) is 0 Å². The molecule has 18 nitrogen and oxygen atoms in total. The summed E-state index contributed by atoms with van der Waals surface area (Å²) in [6, 6.07) is -0.785. The van der Waals surface area contributed by atoms with Gasteiger partial charge in [0.05, 0.1) is 46.2 Å². The zero-order valence-electron chi connectivity index (χ0n) is 40.8. The minimum Gasteiger partial charge on any atom is -0.503 e. The van der Waals surface area contributed by atoms with Crippen molar-refractivity contribution >= 4 is 17.8 Å². The molecule has 1 aromatic rings. The third-order valence-corrected chi connectivity index (χ3v) is 9.96. The van der Waals surface area contributed by atoms with Crippen LogP contribution in [0.2, 0.25) is 0 Å². The lowest BCUT2D eigenvalue weighted by molar-refractivity contribution is -0.182. The number of cyclic esters (lactones) is 2. The monoisotopic (exact) mass is 928 g/mol. The summed E-state index contributed by atoms with van der Waals surface area (Å²) >= 11 is 0. The number of amides is 1. The number of hydrogen-bond donors (Lipinski definition) is 3. The minimum absolute atomic E-state index is 0.0189. The number of aromatic nitrogens is 1. The molecule has 3 rings (SSSR count). The summed E-state index contributed by atoms with van der Waals surface area (Å²) in [4.78, 5) is 44.4. The Balaban J connectivity index is 1.71. The van der Waals surface area contributed by atoms with E-state index in [1.54, 1.807) is 0 Å². The first kappa shape index (κ1) is 56.1. The van der Waals surface area contributed by atoms with E-state index in [0.717, 1.165) is 0 Å². The molecule has 0 saturated carbocycles. The molecule has 1 unspecified atom stereocenters. The van der Waals surface area contributed by atoms with Crippen molar-refractivity contribution in [2.75, 3.05) is 85.9 Å². The van der Waals surface area contributed by atoms with Crippen molar-refractivity contribution < 1.29 is 71.6 Å². The van der Waals surface area contributed by atoms with Crippen LogP contribution in [0.25, 0.3) is 0 Å². The number of rotatable bonds is 26. The van der Waals surface area contributed by atoms with Crippen LogP contribution >= 0.6 is 0 Å². The molecule has 65 heavy (non-hydrogen) atoms. The van der Waals surface area contributed by atoms with Crippen LogP contribution in [0.1, 0.15) is 93.1 Å². The van der Waals surface area contributed by atoms with E-state index in [4.69, 9.17) is 57.8 Å². The SMILES string of the molecule is CC(C)COC[C@H]1OC(=O)[C@@H](NC(=O)c2nccc(OCCC(C)CO[C@@H]3[C@@H](OCC(C)C)COC[C@H](N)C(=O)O[C@@H]3COCC(C)C)c2O)COC[C@H](OCC(C)C)[C@H]1OCC(C)C. The number of carbonyl (C=O) groups excluding carboxylic acids is 3. The van der Waals surface area contributed by atoms with Gasteiger partial charge in [-0.25, -0.2) is 9.78 Å². The van der Waals surface area contributed by atoms with E-state index in [2.05, 4.69) is 10.3 Å². The number of nitrogens with zero attached hydrogens (tertiary/aromatic N) is 1. The highest BCUT2D eigenvalue weighted by molar-refractivity contribution is 5.98. The molecule has 0 bridgehead atoms. The highest BCUT2D eigenvalue weighted by Crippen LogP contribution is 2.29. The zero-order valence-corrected chi connectivity index (χ0v) is 40.8. The van der Waals surface area contributed by atoms with Crippen molar-refractivity contribution in [1.29, 1.82) is 0 Å². The van der Waals surface area contributed by atoms with Crippen LogP contribution in [-0.2, 0) is 57.0 Å². The molecule has 0 radical (unpaired) electrons. The van der Waals surface area contributed by atoms with Crippen LogP contribution in [0.4, 0.5) is 0 Å². The minimum atomic E-state index is -1.26. The third kappa shape index (κ3) is 20.7. The van der Waals surface area contributed by atoms with Crippen LogP contribution < -0.4 is 15.8 Å². The van der Waals surface area contributed by atoms with Gasteiger partial charge in [0.15, 0.2) is 35.4 Å². The molecule has 4 N–H and O–H groups in total. The molecule has 1 aromatic heterocycles. The van der Waals surface area contributed by atoms with E-state index in [1.165, 1.54) is 12.3 Å². The maximum Gasteiger partial charge on any atom is 0.331 e. The van der Waals surface area contributed by atoms with Crippen LogP contribution in [0.5, 0.6) is 11.5 Å². The Labute approximate surface area is 386 Å². The predicted molar refractivity (Wildman–Crippen MR) is 241 cm³/mol. The average Bonchev–Trinajstić information content (AvgIpc) is 3.32. The Morgan fingerprint density at radius 2 is 1.20 bits per heavy atom. The lowest BCUT2D eigenvalue weighted by atomic mass is 10.1. The van der Waals surface area contributed by atoms with Gasteiger partial charge in [-0.3, -0.25) is 9.59 Å². The second-order valence-electron chi connectivity index (χ2n) is 19.3. The molecule has 2 fully saturated rings. The van der Waals surface area contributed by atoms with Crippen molar-refractivity contribution in [3.63, 3.8) is 0 Å². The van der Waals surface area contributed by atoms with Crippen LogP contribution in [-0.4, -0.2) is 163 Å². The highest BCUT2D eigenvalue weighted by atomic mass is 16.6. The number of pyridine rings is 1. The fraction of sp³-hybridized carbons (Fsp3) is 0.830. The summed E-state index contributed by atoms with van der Waals surface area (Å²) < 4.78 is 66.8. The maximum atomic E-state index is 13.8. The molecule has 2 aliphatic heterocycles. The number of aromatic hydroxyl groups is 1. The first-order chi connectivity index (χ1) is 30.9. The first-order valence-electron chi connectivity index (χ1n) is 23.4.